The van der Waals surface area contributed by atoms with E-state index in [1.54, 1.807) is 6.07 Å². The summed E-state index contributed by atoms with van der Waals surface area (Å²) in [4.78, 5) is 28.4. The predicted octanol–water partition coefficient (Wildman–Crippen LogP) is 4.15. The molecule has 2 aliphatic heterocycles. The molecule has 1 spiro atoms. The second kappa shape index (κ2) is 8.08. The number of hydrogen-bond acceptors (Lipinski definition) is 5. The highest BCUT2D eigenvalue weighted by Crippen LogP contribution is 2.52. The van der Waals surface area contributed by atoms with Crippen molar-refractivity contribution in [3.8, 4) is 0 Å². The number of carbonyl (C=O) groups excluding carboxylic acids is 2. The molecule has 1 atom stereocenters. The molecule has 1 unspecified atom stereocenters. The Bertz CT molecular complexity index is 871. The number of esters is 1. The first-order valence-electron chi connectivity index (χ1n) is 11.2. The number of hydrogen-bond donors (Lipinski definition) is 0. The number of ether oxygens (including phenoxy) is 2. The molecule has 1 saturated carbocycles. The Hall–Kier alpha value is -2.15. The molecule has 0 bridgehead atoms. The fraction of sp³-hybridized carbons (Fsp3) is 0.667. The number of fused-ring (bicyclic) bond motifs is 1. The van der Waals surface area contributed by atoms with E-state index in [-0.39, 0.29) is 22.9 Å². The summed E-state index contributed by atoms with van der Waals surface area (Å²) >= 11 is 0. The number of benzene rings is 1. The molecule has 0 aromatic heterocycles. The summed E-state index contributed by atoms with van der Waals surface area (Å²) in [6.45, 7) is 8.53. The molecule has 1 aliphatic carbocycles. The number of piperidine rings is 1. The van der Waals surface area contributed by atoms with Crippen LogP contribution >= 0.6 is 0 Å². The Kier molecular flexibility index (Phi) is 5.75. The van der Waals surface area contributed by atoms with E-state index in [0.29, 0.717) is 31.2 Å². The third-order valence-electron chi connectivity index (χ3n) is 7.21. The maximum atomic E-state index is 14.8. The van der Waals surface area contributed by atoms with Crippen molar-refractivity contribution in [2.75, 3.05) is 26.7 Å². The second-order valence-electron chi connectivity index (χ2n) is 10.2. The van der Waals surface area contributed by atoms with Gasteiger partial charge in [-0.1, -0.05) is 0 Å². The summed E-state index contributed by atoms with van der Waals surface area (Å²) in [5.74, 6) is -0.824. The molecule has 6 nitrogen and oxygen atoms in total. The molecule has 1 aromatic rings. The highest BCUT2D eigenvalue weighted by Gasteiger charge is 2.51. The Morgan fingerprint density at radius 2 is 1.84 bits per heavy atom. The summed E-state index contributed by atoms with van der Waals surface area (Å²) in [5.41, 5.74) is 1.61. The van der Waals surface area contributed by atoms with Gasteiger partial charge in [-0.3, -0.25) is 4.90 Å². The summed E-state index contributed by atoms with van der Waals surface area (Å²) in [6, 6.07) is 3.49. The molecule has 170 valence electrons. The molecule has 0 radical (unpaired) electrons. The smallest absolute Gasteiger partial charge is 0.410 e. The second-order valence-corrected chi connectivity index (χ2v) is 10.2. The van der Waals surface area contributed by atoms with Gasteiger partial charge in [-0.25, -0.2) is 14.0 Å². The number of carbonyl (C=O) groups is 2. The molecule has 31 heavy (non-hydrogen) atoms. The average Bonchev–Trinajstić information content (AvgIpc) is 2.71. The molecular formula is C24H33FN2O4. The van der Waals surface area contributed by atoms with Crippen LogP contribution in [-0.4, -0.2) is 60.2 Å². The van der Waals surface area contributed by atoms with Crippen LogP contribution in [0, 0.1) is 11.2 Å². The van der Waals surface area contributed by atoms with Crippen LogP contribution in [0.25, 0.3) is 0 Å². The summed E-state index contributed by atoms with van der Waals surface area (Å²) < 4.78 is 25.1. The number of methoxy groups -OCH3 is 1. The van der Waals surface area contributed by atoms with Gasteiger partial charge in [0, 0.05) is 37.8 Å². The maximum absolute atomic E-state index is 14.8. The third kappa shape index (κ3) is 4.29. The van der Waals surface area contributed by atoms with E-state index >= 15 is 0 Å². The largest absolute Gasteiger partial charge is 0.465 e. The molecule has 1 saturated heterocycles. The normalized spacial score (nSPS) is 23.1. The van der Waals surface area contributed by atoms with Crippen LogP contribution in [0.4, 0.5) is 9.18 Å². The van der Waals surface area contributed by atoms with Gasteiger partial charge in [-0.15, -0.1) is 0 Å². The SMILES string of the molecule is COC(=O)c1cc(F)c2c(c1)CCN(C1CCC13CCN(C(=O)OC(C)(C)C)CC3)C2. The van der Waals surface area contributed by atoms with Crippen LogP contribution in [0.2, 0.25) is 0 Å². The zero-order chi connectivity index (χ0) is 22.4. The van der Waals surface area contributed by atoms with Crippen LogP contribution in [-0.2, 0) is 22.4 Å². The lowest BCUT2D eigenvalue weighted by Crippen LogP contribution is -2.60. The maximum Gasteiger partial charge on any atom is 0.410 e. The Labute approximate surface area is 183 Å². The van der Waals surface area contributed by atoms with Crippen molar-refractivity contribution in [1.82, 2.24) is 9.80 Å². The van der Waals surface area contributed by atoms with E-state index in [2.05, 4.69) is 4.90 Å². The van der Waals surface area contributed by atoms with Gasteiger partial charge in [-0.05, 0) is 76.0 Å². The van der Waals surface area contributed by atoms with E-state index in [9.17, 15) is 14.0 Å². The van der Waals surface area contributed by atoms with Gasteiger partial charge >= 0.3 is 12.1 Å². The molecule has 2 heterocycles. The molecule has 7 heteroatoms. The highest BCUT2D eigenvalue weighted by atomic mass is 19.1. The molecular weight excluding hydrogens is 399 g/mol. The molecule has 3 aliphatic rings. The average molecular weight is 433 g/mol. The van der Waals surface area contributed by atoms with Crippen molar-refractivity contribution in [2.24, 2.45) is 5.41 Å². The van der Waals surface area contributed by atoms with Crippen molar-refractivity contribution >= 4 is 12.1 Å². The third-order valence-corrected chi connectivity index (χ3v) is 7.21. The topological polar surface area (TPSA) is 59.1 Å². The van der Waals surface area contributed by atoms with Crippen LogP contribution < -0.4 is 0 Å². The minimum Gasteiger partial charge on any atom is -0.465 e. The van der Waals surface area contributed by atoms with Gasteiger partial charge in [-0.2, -0.15) is 0 Å². The first-order chi connectivity index (χ1) is 14.6. The van der Waals surface area contributed by atoms with Gasteiger partial charge in [0.1, 0.15) is 11.4 Å². The number of rotatable bonds is 2. The molecule has 0 N–H and O–H groups in total. The number of likely N-dealkylation sites (tertiary alicyclic amines) is 1. The number of nitrogens with zero attached hydrogens (tertiary/aromatic N) is 2. The quantitative estimate of drug-likeness (QED) is 0.657. The molecule has 4 rings (SSSR count). The lowest BCUT2D eigenvalue weighted by Gasteiger charge is -2.58. The van der Waals surface area contributed by atoms with E-state index in [0.717, 1.165) is 44.2 Å². The van der Waals surface area contributed by atoms with E-state index in [1.165, 1.54) is 13.2 Å². The van der Waals surface area contributed by atoms with Crippen LogP contribution in [0.15, 0.2) is 12.1 Å². The minimum atomic E-state index is -0.501. The molecule has 2 fully saturated rings. The zero-order valence-corrected chi connectivity index (χ0v) is 19.0. The lowest BCUT2D eigenvalue weighted by atomic mass is 9.58. The molecule has 1 aromatic carbocycles. The van der Waals surface area contributed by atoms with Gasteiger partial charge in [0.2, 0.25) is 0 Å². The van der Waals surface area contributed by atoms with Gasteiger partial charge in [0.15, 0.2) is 0 Å². The minimum absolute atomic E-state index is 0.207. The van der Waals surface area contributed by atoms with Gasteiger partial charge in [0.05, 0.1) is 12.7 Å². The Morgan fingerprint density at radius 1 is 1.13 bits per heavy atom. The standard InChI is InChI=1S/C24H33FN2O4/c1-23(2,3)31-22(29)26-11-8-24(9-12-26)7-5-20(24)27-10-6-16-13-17(21(28)30-4)14-19(25)18(16)15-27/h13-14,20H,5-12,15H2,1-4H3. The van der Waals surface area contributed by atoms with Crippen molar-refractivity contribution in [3.63, 3.8) is 0 Å². The fourth-order valence-corrected chi connectivity index (χ4v) is 5.44. The summed E-state index contributed by atoms with van der Waals surface area (Å²) in [6.07, 6.45) is 4.70. The predicted molar refractivity (Wildman–Crippen MR) is 114 cm³/mol. The Balaban J connectivity index is 1.41. The number of amides is 1. The van der Waals surface area contributed by atoms with E-state index in [1.807, 2.05) is 25.7 Å². The highest BCUT2D eigenvalue weighted by molar-refractivity contribution is 5.89. The zero-order valence-electron chi connectivity index (χ0n) is 19.0. The number of halogens is 1. The first kappa shape index (κ1) is 22.1. The van der Waals surface area contributed by atoms with Crippen LogP contribution in [0.3, 0.4) is 0 Å². The Morgan fingerprint density at radius 3 is 2.42 bits per heavy atom. The van der Waals surface area contributed by atoms with Gasteiger partial charge < -0.3 is 14.4 Å². The van der Waals surface area contributed by atoms with Crippen molar-refractivity contribution in [2.45, 2.75) is 71.1 Å². The fourth-order valence-electron chi connectivity index (χ4n) is 5.44. The lowest BCUT2D eigenvalue weighted by molar-refractivity contribution is -0.0751. The summed E-state index contributed by atoms with van der Waals surface area (Å²) in [7, 11) is 1.31. The van der Waals surface area contributed by atoms with Crippen LogP contribution in [0.5, 0.6) is 0 Å². The molecule has 1 amide bonds. The summed E-state index contributed by atoms with van der Waals surface area (Å²) in [5, 5.41) is 0. The first-order valence-corrected chi connectivity index (χ1v) is 11.2. The van der Waals surface area contributed by atoms with Crippen molar-refractivity contribution < 1.29 is 23.5 Å². The van der Waals surface area contributed by atoms with E-state index in [4.69, 9.17) is 9.47 Å². The van der Waals surface area contributed by atoms with Crippen molar-refractivity contribution in [1.29, 1.82) is 0 Å². The van der Waals surface area contributed by atoms with Crippen LogP contribution in [0.1, 0.15) is 67.9 Å². The monoisotopic (exact) mass is 432 g/mol. The van der Waals surface area contributed by atoms with Crippen molar-refractivity contribution in [3.05, 3.63) is 34.6 Å². The van der Waals surface area contributed by atoms with E-state index < -0.39 is 11.6 Å². The van der Waals surface area contributed by atoms with Gasteiger partial charge in [0.25, 0.3) is 0 Å².